The van der Waals surface area contributed by atoms with Crippen LogP contribution in [0.1, 0.15) is 17.5 Å². The van der Waals surface area contributed by atoms with Gasteiger partial charge in [-0.25, -0.2) is 0 Å². The van der Waals surface area contributed by atoms with Crippen LogP contribution < -0.4 is 14.8 Å². The van der Waals surface area contributed by atoms with Crippen molar-refractivity contribution in [1.29, 1.82) is 5.26 Å². The van der Waals surface area contributed by atoms with Crippen molar-refractivity contribution in [2.24, 2.45) is 5.92 Å². The van der Waals surface area contributed by atoms with E-state index in [9.17, 15) is 9.59 Å². The van der Waals surface area contributed by atoms with Crippen LogP contribution in [-0.4, -0.2) is 30.1 Å². The minimum Gasteiger partial charge on any atom is -0.454 e. The summed E-state index contributed by atoms with van der Waals surface area (Å²) < 4.78 is 10.7. The van der Waals surface area contributed by atoms with Gasteiger partial charge in [0.15, 0.2) is 11.5 Å². The first kappa shape index (κ1) is 16.9. The van der Waals surface area contributed by atoms with Crippen molar-refractivity contribution in [2.75, 3.05) is 18.7 Å². The van der Waals surface area contributed by atoms with E-state index in [0.717, 1.165) is 5.56 Å². The molecule has 0 spiro atoms. The lowest BCUT2D eigenvalue weighted by molar-refractivity contribution is -0.128. The molecular weight excluding hydrogens is 346 g/mol. The fraction of sp³-hybridized carbons (Fsp3) is 0.250. The van der Waals surface area contributed by atoms with Crippen LogP contribution in [0.2, 0.25) is 0 Å². The molecule has 2 aromatic carbocycles. The van der Waals surface area contributed by atoms with E-state index in [1.54, 1.807) is 29.2 Å². The van der Waals surface area contributed by atoms with Gasteiger partial charge >= 0.3 is 0 Å². The second-order valence-corrected chi connectivity index (χ2v) is 6.51. The number of amides is 2. The number of likely N-dealkylation sites (tertiary alicyclic amines) is 1. The molecule has 1 atom stereocenters. The van der Waals surface area contributed by atoms with Gasteiger partial charge in [-0.1, -0.05) is 18.2 Å². The SMILES string of the molecule is N#Cc1ccccc1NC(=O)C1CC(=O)N(Cc2ccc3c(c2)OCO3)C1. The summed E-state index contributed by atoms with van der Waals surface area (Å²) in [6.45, 7) is 0.954. The van der Waals surface area contributed by atoms with Crippen LogP contribution >= 0.6 is 0 Å². The van der Waals surface area contributed by atoms with Crippen molar-refractivity contribution in [1.82, 2.24) is 4.90 Å². The number of hydrogen-bond acceptors (Lipinski definition) is 5. The molecule has 0 aliphatic carbocycles. The van der Waals surface area contributed by atoms with Crippen LogP contribution in [0.5, 0.6) is 11.5 Å². The Labute approximate surface area is 156 Å². The maximum absolute atomic E-state index is 12.5. The topological polar surface area (TPSA) is 91.7 Å². The number of carbonyl (C=O) groups is 2. The van der Waals surface area contributed by atoms with E-state index >= 15 is 0 Å². The molecule has 2 aromatic rings. The first-order chi connectivity index (χ1) is 13.1. The van der Waals surface area contributed by atoms with Crippen molar-refractivity contribution < 1.29 is 19.1 Å². The number of ether oxygens (including phenoxy) is 2. The zero-order valence-corrected chi connectivity index (χ0v) is 14.5. The van der Waals surface area contributed by atoms with Gasteiger partial charge in [-0.2, -0.15) is 5.26 Å². The van der Waals surface area contributed by atoms with Gasteiger partial charge in [0.25, 0.3) is 0 Å². The smallest absolute Gasteiger partial charge is 0.231 e. The molecule has 7 heteroatoms. The summed E-state index contributed by atoms with van der Waals surface area (Å²) in [4.78, 5) is 26.5. The molecule has 27 heavy (non-hydrogen) atoms. The molecule has 136 valence electrons. The first-order valence-electron chi connectivity index (χ1n) is 8.60. The fourth-order valence-electron chi connectivity index (χ4n) is 3.28. The molecule has 1 saturated heterocycles. The average molecular weight is 363 g/mol. The molecule has 2 aliphatic heterocycles. The van der Waals surface area contributed by atoms with E-state index < -0.39 is 5.92 Å². The Morgan fingerprint density at radius 2 is 2.04 bits per heavy atom. The van der Waals surface area contributed by atoms with Crippen molar-refractivity contribution in [3.8, 4) is 17.6 Å². The lowest BCUT2D eigenvalue weighted by atomic mass is 10.1. The summed E-state index contributed by atoms with van der Waals surface area (Å²) in [5, 5.41) is 11.9. The Bertz CT molecular complexity index is 950. The molecular formula is C20H17N3O4. The van der Waals surface area contributed by atoms with E-state index in [4.69, 9.17) is 14.7 Å². The van der Waals surface area contributed by atoms with Gasteiger partial charge in [-0.05, 0) is 29.8 Å². The van der Waals surface area contributed by atoms with Gasteiger partial charge in [-0.15, -0.1) is 0 Å². The molecule has 1 N–H and O–H groups in total. The summed E-state index contributed by atoms with van der Waals surface area (Å²) in [6.07, 6.45) is 0.158. The van der Waals surface area contributed by atoms with Crippen LogP contribution in [0.3, 0.4) is 0 Å². The molecule has 2 amide bonds. The third-order valence-corrected chi connectivity index (χ3v) is 4.70. The summed E-state index contributed by atoms with van der Waals surface area (Å²) in [7, 11) is 0. The minimum absolute atomic E-state index is 0.0682. The molecule has 0 radical (unpaired) electrons. The third-order valence-electron chi connectivity index (χ3n) is 4.70. The number of nitrogens with one attached hydrogen (secondary N) is 1. The summed E-state index contributed by atoms with van der Waals surface area (Å²) in [6, 6.07) is 14.4. The Hall–Kier alpha value is -3.53. The lowest BCUT2D eigenvalue weighted by Crippen LogP contribution is -2.28. The Morgan fingerprint density at radius 1 is 1.22 bits per heavy atom. The van der Waals surface area contributed by atoms with Gasteiger partial charge < -0.3 is 19.7 Å². The highest BCUT2D eigenvalue weighted by Crippen LogP contribution is 2.33. The predicted octanol–water partition coefficient (Wildman–Crippen LogP) is 2.27. The number of nitriles is 1. The first-order valence-corrected chi connectivity index (χ1v) is 8.60. The highest BCUT2D eigenvalue weighted by molar-refractivity contribution is 5.98. The van der Waals surface area contributed by atoms with Crippen LogP contribution in [0.15, 0.2) is 42.5 Å². The quantitative estimate of drug-likeness (QED) is 0.900. The number of hydrogen-bond donors (Lipinski definition) is 1. The number of carbonyl (C=O) groups excluding carboxylic acids is 2. The molecule has 7 nitrogen and oxygen atoms in total. The number of para-hydroxylation sites is 1. The predicted molar refractivity (Wildman–Crippen MR) is 95.9 cm³/mol. The normalized spacial score (nSPS) is 17.7. The molecule has 4 rings (SSSR count). The van der Waals surface area contributed by atoms with Gasteiger partial charge in [-0.3, -0.25) is 9.59 Å². The van der Waals surface area contributed by atoms with Crippen LogP contribution in [-0.2, 0) is 16.1 Å². The van der Waals surface area contributed by atoms with E-state index in [-0.39, 0.29) is 25.0 Å². The van der Waals surface area contributed by atoms with Gasteiger partial charge in [0, 0.05) is 19.5 Å². The lowest BCUT2D eigenvalue weighted by Gasteiger charge is -2.17. The standard InChI is InChI=1S/C20H17N3O4/c21-9-14-3-1-2-4-16(14)22-20(25)15-8-19(24)23(11-15)10-13-5-6-17-18(7-13)27-12-26-17/h1-7,15H,8,10-12H2,(H,22,25). The zero-order chi connectivity index (χ0) is 18.8. The number of rotatable bonds is 4. The molecule has 2 heterocycles. The van der Waals surface area contributed by atoms with Crippen molar-refractivity contribution in [3.63, 3.8) is 0 Å². The molecule has 0 bridgehead atoms. The number of fused-ring (bicyclic) bond motifs is 1. The van der Waals surface area contributed by atoms with Gasteiger partial charge in [0.05, 0.1) is 17.2 Å². The second-order valence-electron chi connectivity index (χ2n) is 6.51. The van der Waals surface area contributed by atoms with Crippen LogP contribution in [0.4, 0.5) is 5.69 Å². The van der Waals surface area contributed by atoms with Gasteiger partial charge in [0.2, 0.25) is 18.6 Å². The van der Waals surface area contributed by atoms with Crippen molar-refractivity contribution >= 4 is 17.5 Å². The third kappa shape index (κ3) is 3.42. The zero-order valence-electron chi connectivity index (χ0n) is 14.5. The molecule has 1 unspecified atom stereocenters. The molecule has 2 aliphatic rings. The molecule has 0 aromatic heterocycles. The summed E-state index contributed by atoms with van der Waals surface area (Å²) in [5.41, 5.74) is 1.78. The van der Waals surface area contributed by atoms with E-state index in [1.165, 1.54) is 0 Å². The maximum Gasteiger partial charge on any atom is 0.231 e. The maximum atomic E-state index is 12.5. The largest absolute Gasteiger partial charge is 0.454 e. The Balaban J connectivity index is 1.41. The monoisotopic (exact) mass is 363 g/mol. The Kier molecular flexibility index (Phi) is 4.38. The second kappa shape index (κ2) is 7.00. The molecule has 0 saturated carbocycles. The highest BCUT2D eigenvalue weighted by atomic mass is 16.7. The summed E-state index contributed by atoms with van der Waals surface area (Å²) >= 11 is 0. The van der Waals surface area contributed by atoms with E-state index in [1.807, 2.05) is 24.3 Å². The Morgan fingerprint density at radius 3 is 2.89 bits per heavy atom. The van der Waals surface area contributed by atoms with E-state index in [2.05, 4.69) is 5.32 Å². The number of anilines is 1. The summed E-state index contributed by atoms with van der Waals surface area (Å²) in [5.74, 6) is 0.598. The van der Waals surface area contributed by atoms with Crippen molar-refractivity contribution in [2.45, 2.75) is 13.0 Å². The highest BCUT2D eigenvalue weighted by Gasteiger charge is 2.34. The number of nitrogens with zero attached hydrogens (tertiary/aromatic N) is 2. The fourth-order valence-corrected chi connectivity index (χ4v) is 3.28. The van der Waals surface area contributed by atoms with Gasteiger partial charge in [0.1, 0.15) is 6.07 Å². The number of benzene rings is 2. The average Bonchev–Trinajstić information content (AvgIpc) is 3.28. The van der Waals surface area contributed by atoms with Crippen LogP contribution in [0.25, 0.3) is 0 Å². The van der Waals surface area contributed by atoms with Crippen LogP contribution in [0, 0.1) is 17.2 Å². The van der Waals surface area contributed by atoms with Crippen molar-refractivity contribution in [3.05, 3.63) is 53.6 Å². The van der Waals surface area contributed by atoms with E-state index in [0.29, 0.717) is 35.8 Å². The molecule has 1 fully saturated rings. The minimum atomic E-state index is -0.446.